The predicted molar refractivity (Wildman–Crippen MR) is 91.6 cm³/mol. The third kappa shape index (κ3) is 4.93. The van der Waals surface area contributed by atoms with E-state index in [2.05, 4.69) is 0 Å². The smallest absolute Gasteiger partial charge is 0.305 e. The molecule has 1 aromatic rings. The molecule has 3 atom stereocenters. The SMILES string of the molecule is COC1CC(CC(=O)O)N(C(=O)C(C)Sc2ccc([N+](=O)[O-])cc2)C1. The standard InChI is InChI=1S/C16H20N2O6S/c1-10(25-14-5-3-11(4-6-14)18(22)23)16(21)17-9-13(24-2)7-12(17)8-15(19)20/h3-6,10,12-13H,7-9H2,1-2H3,(H,19,20). The molecule has 3 unspecified atom stereocenters. The van der Waals surface area contributed by atoms with Crippen molar-refractivity contribution in [2.45, 2.75) is 42.1 Å². The molecular formula is C16H20N2O6S. The van der Waals surface area contributed by atoms with Crippen molar-refractivity contribution in [3.05, 3.63) is 34.4 Å². The molecule has 0 aliphatic carbocycles. The Bertz CT molecular complexity index is 651. The van der Waals surface area contributed by atoms with E-state index in [1.807, 2.05) is 0 Å². The number of ether oxygens (including phenoxy) is 1. The Hall–Kier alpha value is -2.13. The van der Waals surface area contributed by atoms with E-state index < -0.39 is 16.1 Å². The highest BCUT2D eigenvalue weighted by atomic mass is 32.2. The Balaban J connectivity index is 2.04. The van der Waals surface area contributed by atoms with Crippen molar-refractivity contribution in [3.8, 4) is 0 Å². The van der Waals surface area contributed by atoms with Gasteiger partial charge in [0, 0.05) is 36.7 Å². The van der Waals surface area contributed by atoms with Crippen molar-refractivity contribution in [2.24, 2.45) is 0 Å². The third-order valence-electron chi connectivity index (χ3n) is 4.11. The summed E-state index contributed by atoms with van der Waals surface area (Å²) >= 11 is 1.29. The van der Waals surface area contributed by atoms with E-state index in [0.717, 1.165) is 4.90 Å². The molecule has 0 saturated carbocycles. The molecule has 1 aromatic carbocycles. The van der Waals surface area contributed by atoms with Crippen LogP contribution < -0.4 is 0 Å². The highest BCUT2D eigenvalue weighted by Gasteiger charge is 2.38. The number of carbonyl (C=O) groups excluding carboxylic acids is 1. The molecule has 0 bridgehead atoms. The summed E-state index contributed by atoms with van der Waals surface area (Å²) in [7, 11) is 1.55. The summed E-state index contributed by atoms with van der Waals surface area (Å²) < 4.78 is 5.28. The Morgan fingerprint density at radius 3 is 2.60 bits per heavy atom. The number of nitro groups is 1. The topological polar surface area (TPSA) is 110 Å². The van der Waals surface area contributed by atoms with Gasteiger partial charge in [-0.2, -0.15) is 0 Å². The lowest BCUT2D eigenvalue weighted by Gasteiger charge is -2.26. The number of benzene rings is 1. The number of carboxylic acid groups (broad SMARTS) is 1. The van der Waals surface area contributed by atoms with E-state index in [1.165, 1.54) is 23.9 Å². The fourth-order valence-electron chi connectivity index (χ4n) is 2.84. The molecule has 1 saturated heterocycles. The van der Waals surface area contributed by atoms with Gasteiger partial charge in [-0.1, -0.05) is 0 Å². The summed E-state index contributed by atoms with van der Waals surface area (Å²) in [5, 5.41) is 19.3. The second kappa shape index (κ2) is 8.30. The van der Waals surface area contributed by atoms with Crippen LogP contribution in [0.25, 0.3) is 0 Å². The monoisotopic (exact) mass is 368 g/mol. The van der Waals surface area contributed by atoms with Gasteiger partial charge in [-0.25, -0.2) is 0 Å². The number of methoxy groups -OCH3 is 1. The van der Waals surface area contributed by atoms with Crippen LogP contribution in [0.15, 0.2) is 29.2 Å². The number of hydrogen-bond donors (Lipinski definition) is 1. The van der Waals surface area contributed by atoms with Crippen molar-refractivity contribution in [2.75, 3.05) is 13.7 Å². The van der Waals surface area contributed by atoms with Gasteiger partial charge in [-0.3, -0.25) is 19.7 Å². The molecule has 8 nitrogen and oxygen atoms in total. The lowest BCUT2D eigenvalue weighted by molar-refractivity contribution is -0.384. The number of nitro benzene ring substituents is 1. The van der Waals surface area contributed by atoms with Gasteiger partial charge in [-0.15, -0.1) is 11.8 Å². The zero-order valence-electron chi connectivity index (χ0n) is 14.0. The number of rotatable bonds is 7. The largest absolute Gasteiger partial charge is 0.481 e. The maximum Gasteiger partial charge on any atom is 0.305 e. The van der Waals surface area contributed by atoms with E-state index in [0.29, 0.717) is 13.0 Å². The first-order valence-electron chi connectivity index (χ1n) is 7.78. The summed E-state index contributed by atoms with van der Waals surface area (Å²) in [5.41, 5.74) is -0.00710. The van der Waals surface area contributed by atoms with E-state index >= 15 is 0 Å². The van der Waals surface area contributed by atoms with Crippen LogP contribution >= 0.6 is 11.8 Å². The number of likely N-dealkylation sites (tertiary alicyclic amines) is 1. The average Bonchev–Trinajstić information content (AvgIpc) is 2.96. The number of carboxylic acids is 1. The molecular weight excluding hydrogens is 348 g/mol. The molecule has 1 aliphatic heterocycles. The Labute approximate surface area is 149 Å². The summed E-state index contributed by atoms with van der Waals surface area (Å²) in [5.74, 6) is -1.11. The Morgan fingerprint density at radius 1 is 1.44 bits per heavy atom. The minimum Gasteiger partial charge on any atom is -0.481 e. The van der Waals surface area contributed by atoms with E-state index in [-0.39, 0.29) is 30.2 Å². The first kappa shape index (κ1) is 19.2. The third-order valence-corrected chi connectivity index (χ3v) is 5.21. The summed E-state index contributed by atoms with van der Waals surface area (Å²) in [6.45, 7) is 2.12. The maximum atomic E-state index is 12.7. The van der Waals surface area contributed by atoms with Gasteiger partial charge in [0.2, 0.25) is 5.91 Å². The molecule has 25 heavy (non-hydrogen) atoms. The fourth-order valence-corrected chi connectivity index (χ4v) is 3.78. The van der Waals surface area contributed by atoms with Crippen LogP contribution in [-0.2, 0) is 14.3 Å². The van der Waals surface area contributed by atoms with Gasteiger partial charge >= 0.3 is 5.97 Å². The normalized spacial score (nSPS) is 21.1. The zero-order valence-corrected chi connectivity index (χ0v) is 14.8. The lowest BCUT2D eigenvalue weighted by Crippen LogP contribution is -2.41. The number of carbonyl (C=O) groups is 2. The number of nitrogens with zero attached hydrogens (tertiary/aromatic N) is 2. The van der Waals surface area contributed by atoms with E-state index in [1.54, 1.807) is 31.1 Å². The van der Waals surface area contributed by atoms with E-state index in [4.69, 9.17) is 9.84 Å². The average molecular weight is 368 g/mol. The van der Waals surface area contributed by atoms with Gasteiger partial charge < -0.3 is 14.7 Å². The van der Waals surface area contributed by atoms with Crippen molar-refractivity contribution in [1.82, 2.24) is 4.90 Å². The number of thioether (sulfide) groups is 1. The molecule has 1 N–H and O–H groups in total. The molecule has 1 fully saturated rings. The van der Waals surface area contributed by atoms with Crippen molar-refractivity contribution < 1.29 is 24.4 Å². The van der Waals surface area contributed by atoms with Crippen LogP contribution in [0.5, 0.6) is 0 Å². The van der Waals surface area contributed by atoms with Crippen LogP contribution in [0.3, 0.4) is 0 Å². The number of aliphatic carboxylic acids is 1. The molecule has 1 aliphatic rings. The molecule has 1 amide bonds. The first-order valence-corrected chi connectivity index (χ1v) is 8.66. The number of amides is 1. The molecule has 0 radical (unpaired) electrons. The minimum absolute atomic E-state index is 0.00710. The van der Waals surface area contributed by atoms with Crippen LogP contribution in [-0.4, -0.2) is 57.9 Å². The van der Waals surface area contributed by atoms with Crippen LogP contribution in [0.1, 0.15) is 19.8 Å². The summed E-state index contributed by atoms with van der Waals surface area (Å²) in [4.78, 5) is 36.3. The highest BCUT2D eigenvalue weighted by Crippen LogP contribution is 2.30. The number of non-ortho nitro benzene ring substituents is 1. The Morgan fingerprint density at radius 2 is 2.08 bits per heavy atom. The van der Waals surface area contributed by atoms with Crippen molar-refractivity contribution in [1.29, 1.82) is 0 Å². The molecule has 136 valence electrons. The molecule has 0 aromatic heterocycles. The summed E-state index contributed by atoms with van der Waals surface area (Å²) in [6.07, 6.45) is 0.231. The first-order chi connectivity index (χ1) is 11.8. The molecule has 0 spiro atoms. The van der Waals surface area contributed by atoms with Crippen LogP contribution in [0.2, 0.25) is 0 Å². The maximum absolute atomic E-state index is 12.7. The quantitative estimate of drug-likeness (QED) is 0.446. The fraction of sp³-hybridized carbons (Fsp3) is 0.500. The second-order valence-corrected chi connectivity index (χ2v) is 7.26. The molecule has 1 heterocycles. The molecule has 2 rings (SSSR count). The zero-order chi connectivity index (χ0) is 18.6. The lowest BCUT2D eigenvalue weighted by atomic mass is 10.1. The van der Waals surface area contributed by atoms with Gasteiger partial charge in [0.05, 0.1) is 22.7 Å². The van der Waals surface area contributed by atoms with Crippen LogP contribution in [0.4, 0.5) is 5.69 Å². The van der Waals surface area contributed by atoms with Gasteiger partial charge in [0.15, 0.2) is 0 Å². The van der Waals surface area contributed by atoms with E-state index in [9.17, 15) is 19.7 Å². The predicted octanol–water partition coefficient (Wildman–Crippen LogP) is 2.17. The summed E-state index contributed by atoms with van der Waals surface area (Å²) in [6, 6.07) is 5.61. The van der Waals surface area contributed by atoms with Gasteiger partial charge in [0.1, 0.15) is 0 Å². The van der Waals surface area contributed by atoms with Crippen molar-refractivity contribution >= 4 is 29.3 Å². The second-order valence-electron chi connectivity index (χ2n) is 5.85. The Kier molecular flexibility index (Phi) is 6.38. The number of hydrogen-bond acceptors (Lipinski definition) is 6. The molecule has 9 heteroatoms. The van der Waals surface area contributed by atoms with Gasteiger partial charge in [0.25, 0.3) is 5.69 Å². The van der Waals surface area contributed by atoms with Crippen molar-refractivity contribution in [3.63, 3.8) is 0 Å². The van der Waals surface area contributed by atoms with Crippen LogP contribution in [0, 0.1) is 10.1 Å². The van der Waals surface area contributed by atoms with Gasteiger partial charge in [-0.05, 0) is 25.5 Å². The minimum atomic E-state index is -0.949. The highest BCUT2D eigenvalue weighted by molar-refractivity contribution is 8.00.